The molecule has 2 aromatic rings. The number of Topliss-reactive ketones (excluding diaryl/α,β-unsaturated/α-hetero) is 1. The minimum Gasteiger partial charge on any atom is -0.872 e. The summed E-state index contributed by atoms with van der Waals surface area (Å²) in [5.41, 5.74) is 0.987. The fraction of sp³-hybridized carbons (Fsp3) is 0.360. The number of quaternary nitrogens is 1. The Morgan fingerprint density at radius 3 is 2.44 bits per heavy atom. The highest BCUT2D eigenvalue weighted by atomic mass is 16.5. The van der Waals surface area contributed by atoms with Gasteiger partial charge in [0.1, 0.15) is 0 Å². The fourth-order valence-electron chi connectivity index (χ4n) is 3.72. The van der Waals surface area contributed by atoms with Crippen molar-refractivity contribution in [1.82, 2.24) is 4.90 Å². The third kappa shape index (κ3) is 4.78. The van der Waals surface area contributed by atoms with Crippen molar-refractivity contribution in [2.75, 3.05) is 40.9 Å². The van der Waals surface area contributed by atoms with E-state index in [1.165, 1.54) is 12.0 Å². The Morgan fingerprint density at radius 2 is 1.81 bits per heavy atom. The lowest BCUT2D eigenvalue weighted by Gasteiger charge is -2.28. The van der Waals surface area contributed by atoms with Gasteiger partial charge in [0, 0.05) is 5.57 Å². The van der Waals surface area contributed by atoms with E-state index in [2.05, 4.69) is 0 Å². The maximum absolute atomic E-state index is 13.3. The normalized spacial score (nSPS) is 17.8. The monoisotopic (exact) mass is 438 g/mol. The average Bonchev–Trinajstić information content (AvgIpc) is 3.06. The van der Waals surface area contributed by atoms with E-state index < -0.39 is 23.5 Å². The molecule has 3 rings (SSSR count). The maximum atomic E-state index is 13.3. The Morgan fingerprint density at radius 1 is 1.09 bits per heavy atom. The Labute approximate surface area is 188 Å². The largest absolute Gasteiger partial charge is 0.872 e. The van der Waals surface area contributed by atoms with Crippen LogP contribution in [0.3, 0.4) is 0 Å². The van der Waals surface area contributed by atoms with Crippen LogP contribution in [0, 0.1) is 0 Å². The molecule has 7 heteroatoms. The number of hydrogen-bond donors (Lipinski definition) is 1. The number of likely N-dealkylation sites (tertiary alicyclic amines) is 1. The number of ether oxygens (including phenoxy) is 2. The van der Waals surface area contributed by atoms with Crippen molar-refractivity contribution in [2.45, 2.75) is 19.4 Å². The molecule has 1 amide bonds. The lowest BCUT2D eigenvalue weighted by Crippen LogP contribution is -3.06. The van der Waals surface area contributed by atoms with Crippen LogP contribution in [0.2, 0.25) is 0 Å². The number of ketones is 1. The number of methoxy groups -OCH3 is 1. The van der Waals surface area contributed by atoms with Gasteiger partial charge in [-0.15, -0.1) is 0 Å². The minimum absolute atomic E-state index is 0.0285. The highest BCUT2D eigenvalue weighted by Gasteiger charge is 2.44. The highest BCUT2D eigenvalue weighted by molar-refractivity contribution is 6.46. The van der Waals surface area contributed by atoms with Crippen LogP contribution in [0.25, 0.3) is 5.76 Å². The quantitative estimate of drug-likeness (QED) is 0.357. The molecule has 0 bridgehead atoms. The van der Waals surface area contributed by atoms with Crippen molar-refractivity contribution in [1.29, 1.82) is 0 Å². The SMILES string of the molecule is CCCOc1ccc(C2C(=C([O-])c3ccccc3)C(=O)C(=O)N2CC[NH+](C)C)cc1OC. The van der Waals surface area contributed by atoms with Gasteiger partial charge in [-0.3, -0.25) is 9.59 Å². The zero-order valence-corrected chi connectivity index (χ0v) is 19.0. The first-order chi connectivity index (χ1) is 15.4. The molecule has 170 valence electrons. The van der Waals surface area contributed by atoms with Gasteiger partial charge in [0.25, 0.3) is 5.91 Å². The van der Waals surface area contributed by atoms with E-state index in [0.717, 1.165) is 11.3 Å². The summed E-state index contributed by atoms with van der Waals surface area (Å²) in [4.78, 5) is 28.6. The summed E-state index contributed by atoms with van der Waals surface area (Å²) in [6, 6.07) is 13.1. The van der Waals surface area contributed by atoms with Crippen molar-refractivity contribution in [2.24, 2.45) is 0 Å². The Balaban J connectivity index is 2.13. The number of rotatable bonds is 9. The second kappa shape index (κ2) is 10.3. The molecule has 0 radical (unpaired) electrons. The van der Waals surface area contributed by atoms with Crippen LogP contribution in [-0.2, 0) is 9.59 Å². The first-order valence-electron chi connectivity index (χ1n) is 10.8. The van der Waals surface area contributed by atoms with Crippen LogP contribution in [0.1, 0.15) is 30.5 Å². The molecule has 1 fully saturated rings. The molecule has 7 nitrogen and oxygen atoms in total. The number of benzene rings is 2. The van der Waals surface area contributed by atoms with Gasteiger partial charge in [-0.1, -0.05) is 49.1 Å². The van der Waals surface area contributed by atoms with Gasteiger partial charge < -0.3 is 24.4 Å². The van der Waals surface area contributed by atoms with E-state index >= 15 is 0 Å². The van der Waals surface area contributed by atoms with Gasteiger partial charge in [-0.05, 0) is 29.7 Å². The molecule has 0 aliphatic carbocycles. The second-order valence-corrected chi connectivity index (χ2v) is 8.05. The number of carbonyl (C=O) groups is 2. The summed E-state index contributed by atoms with van der Waals surface area (Å²) in [6.07, 6.45) is 0.848. The van der Waals surface area contributed by atoms with E-state index in [4.69, 9.17) is 9.47 Å². The van der Waals surface area contributed by atoms with Crippen LogP contribution in [0.15, 0.2) is 54.1 Å². The summed E-state index contributed by atoms with van der Waals surface area (Å²) >= 11 is 0. The zero-order chi connectivity index (χ0) is 23.3. The van der Waals surface area contributed by atoms with E-state index in [0.29, 0.717) is 42.3 Å². The number of nitrogens with one attached hydrogen (secondary N) is 1. The van der Waals surface area contributed by atoms with Crippen LogP contribution in [0.5, 0.6) is 11.5 Å². The minimum atomic E-state index is -0.781. The third-order valence-corrected chi connectivity index (χ3v) is 5.38. The van der Waals surface area contributed by atoms with Gasteiger partial charge >= 0.3 is 0 Å². The predicted octanol–water partition coefficient (Wildman–Crippen LogP) is 0.853. The zero-order valence-electron chi connectivity index (χ0n) is 19.0. The molecule has 0 aromatic heterocycles. The molecule has 1 aliphatic heterocycles. The molecule has 32 heavy (non-hydrogen) atoms. The molecule has 1 heterocycles. The standard InChI is InChI=1S/C25H30N2O5/c1-5-15-32-19-12-11-18(16-20(19)31-4)22-21(23(28)17-9-7-6-8-10-17)24(29)25(30)27(22)14-13-26(2)3/h6-12,16,22,28H,5,13-15H2,1-4H3. The Kier molecular flexibility index (Phi) is 7.53. The summed E-state index contributed by atoms with van der Waals surface area (Å²) < 4.78 is 11.2. The Bertz CT molecular complexity index is 1000. The van der Waals surface area contributed by atoms with Gasteiger partial charge in [0.15, 0.2) is 11.5 Å². The van der Waals surface area contributed by atoms with E-state index in [-0.39, 0.29) is 5.57 Å². The summed E-state index contributed by atoms with van der Waals surface area (Å²) in [5.74, 6) is -0.760. The van der Waals surface area contributed by atoms with Crippen LogP contribution in [0.4, 0.5) is 0 Å². The second-order valence-electron chi connectivity index (χ2n) is 8.05. The highest BCUT2D eigenvalue weighted by Crippen LogP contribution is 2.41. The van der Waals surface area contributed by atoms with E-state index in [1.54, 1.807) is 48.5 Å². The number of likely N-dealkylation sites (N-methyl/N-ethyl adjacent to an activating group) is 1. The van der Waals surface area contributed by atoms with Crippen molar-refractivity contribution < 1.29 is 29.1 Å². The van der Waals surface area contributed by atoms with Crippen LogP contribution >= 0.6 is 0 Å². The number of hydrogen-bond acceptors (Lipinski definition) is 5. The molecule has 1 unspecified atom stereocenters. The lowest BCUT2D eigenvalue weighted by atomic mass is 9.95. The molecule has 0 saturated carbocycles. The molecule has 1 N–H and O–H groups in total. The maximum Gasteiger partial charge on any atom is 0.295 e. The van der Waals surface area contributed by atoms with Crippen LogP contribution in [-0.4, -0.2) is 57.5 Å². The van der Waals surface area contributed by atoms with Crippen LogP contribution < -0.4 is 19.5 Å². The lowest BCUT2D eigenvalue weighted by molar-refractivity contribution is -0.857. The first kappa shape index (κ1) is 23.3. The van der Waals surface area contributed by atoms with Gasteiger partial charge in [-0.25, -0.2) is 0 Å². The summed E-state index contributed by atoms with van der Waals surface area (Å²) in [5, 5.41) is 13.3. The van der Waals surface area contributed by atoms with Crippen molar-refractivity contribution in [3.05, 3.63) is 65.2 Å². The van der Waals surface area contributed by atoms with Gasteiger partial charge in [0.2, 0.25) is 5.78 Å². The number of carbonyl (C=O) groups excluding carboxylic acids is 2. The average molecular weight is 439 g/mol. The molecular weight excluding hydrogens is 408 g/mol. The Hall–Kier alpha value is -3.32. The molecular formula is C25H30N2O5. The first-order valence-corrected chi connectivity index (χ1v) is 10.8. The van der Waals surface area contributed by atoms with E-state index in [9.17, 15) is 14.7 Å². The van der Waals surface area contributed by atoms with Crippen molar-refractivity contribution in [3.8, 4) is 11.5 Å². The van der Waals surface area contributed by atoms with Gasteiger partial charge in [0.05, 0.1) is 46.9 Å². The third-order valence-electron chi connectivity index (χ3n) is 5.38. The smallest absolute Gasteiger partial charge is 0.295 e. The topological polar surface area (TPSA) is 83.3 Å². The molecule has 1 atom stereocenters. The number of nitrogens with zero attached hydrogens (tertiary/aromatic N) is 1. The number of amides is 1. The molecule has 1 saturated heterocycles. The van der Waals surface area contributed by atoms with E-state index in [1.807, 2.05) is 21.0 Å². The summed E-state index contributed by atoms with van der Waals surface area (Å²) in [6.45, 7) is 3.53. The molecule has 2 aromatic carbocycles. The fourth-order valence-corrected chi connectivity index (χ4v) is 3.72. The van der Waals surface area contributed by atoms with Crippen molar-refractivity contribution >= 4 is 17.4 Å². The molecule has 1 aliphatic rings. The summed E-state index contributed by atoms with van der Waals surface area (Å²) in [7, 11) is 5.48. The predicted molar refractivity (Wildman–Crippen MR) is 119 cm³/mol. The van der Waals surface area contributed by atoms with Crippen molar-refractivity contribution in [3.63, 3.8) is 0 Å². The molecule has 0 spiro atoms. The van der Waals surface area contributed by atoms with Gasteiger partial charge in [-0.2, -0.15) is 0 Å².